The van der Waals surface area contributed by atoms with Gasteiger partial charge in [0.25, 0.3) is 10.0 Å². The van der Waals surface area contributed by atoms with E-state index in [0.717, 1.165) is 10.7 Å². The van der Waals surface area contributed by atoms with Crippen LogP contribution in [0.4, 0.5) is 0 Å². The molecule has 2 rings (SSSR count). The number of hydrogen-bond acceptors (Lipinski definition) is 4. The lowest BCUT2D eigenvalue weighted by Crippen LogP contribution is -2.47. The number of piperidine rings is 1. The van der Waals surface area contributed by atoms with E-state index < -0.39 is 22.0 Å². The first-order valence-corrected chi connectivity index (χ1v) is 7.13. The third-order valence-electron chi connectivity index (χ3n) is 3.00. The zero-order valence-corrected chi connectivity index (χ0v) is 10.8. The number of aromatic nitrogens is 2. The van der Waals surface area contributed by atoms with Crippen LogP contribution in [0, 0.1) is 6.92 Å². The van der Waals surface area contributed by atoms with Gasteiger partial charge in [-0.25, -0.2) is 13.4 Å². The molecule has 0 aromatic carbocycles. The lowest BCUT2D eigenvalue weighted by atomic mass is 10.1. The van der Waals surface area contributed by atoms with E-state index in [9.17, 15) is 13.2 Å². The first kappa shape index (κ1) is 13.0. The maximum absolute atomic E-state index is 12.3. The number of H-pyrrole nitrogens is 1. The summed E-state index contributed by atoms with van der Waals surface area (Å²) in [4.78, 5) is 17.6. The quantitative estimate of drug-likeness (QED) is 0.826. The predicted octanol–water partition coefficient (Wildman–Crippen LogP) is 0.346. The minimum atomic E-state index is -3.80. The van der Waals surface area contributed by atoms with Crippen molar-refractivity contribution in [2.24, 2.45) is 0 Å². The minimum Gasteiger partial charge on any atom is -0.480 e. The predicted molar refractivity (Wildman–Crippen MR) is 62.5 cm³/mol. The van der Waals surface area contributed by atoms with Crippen molar-refractivity contribution in [1.29, 1.82) is 0 Å². The van der Waals surface area contributed by atoms with Gasteiger partial charge in [-0.2, -0.15) is 4.31 Å². The maximum atomic E-state index is 12.3. The molecule has 0 aliphatic carbocycles. The largest absolute Gasteiger partial charge is 0.480 e. The van der Waals surface area contributed by atoms with Crippen molar-refractivity contribution in [1.82, 2.24) is 14.3 Å². The third kappa shape index (κ3) is 2.25. The minimum absolute atomic E-state index is 0.0480. The summed E-state index contributed by atoms with van der Waals surface area (Å²) in [7, 11) is -3.80. The molecule has 1 aromatic heterocycles. The highest BCUT2D eigenvalue weighted by atomic mass is 32.2. The van der Waals surface area contributed by atoms with Crippen LogP contribution in [0.25, 0.3) is 0 Å². The molecule has 1 aliphatic rings. The smallest absolute Gasteiger partial charge is 0.322 e. The van der Waals surface area contributed by atoms with Crippen LogP contribution < -0.4 is 0 Å². The molecule has 18 heavy (non-hydrogen) atoms. The van der Waals surface area contributed by atoms with E-state index in [0.29, 0.717) is 18.7 Å². The molecule has 1 saturated heterocycles. The monoisotopic (exact) mass is 273 g/mol. The first-order valence-electron chi connectivity index (χ1n) is 5.69. The van der Waals surface area contributed by atoms with E-state index in [1.54, 1.807) is 6.92 Å². The van der Waals surface area contributed by atoms with Crippen molar-refractivity contribution in [3.05, 3.63) is 12.0 Å². The average Bonchev–Trinajstić information content (AvgIpc) is 2.76. The Bertz CT molecular complexity index is 551. The highest BCUT2D eigenvalue weighted by Gasteiger charge is 2.38. The van der Waals surface area contributed by atoms with Gasteiger partial charge in [0, 0.05) is 6.54 Å². The van der Waals surface area contributed by atoms with Gasteiger partial charge in [-0.3, -0.25) is 4.79 Å². The van der Waals surface area contributed by atoms with E-state index >= 15 is 0 Å². The number of aliphatic carboxylic acids is 1. The molecule has 0 bridgehead atoms. The van der Waals surface area contributed by atoms with Gasteiger partial charge in [0.05, 0.1) is 6.20 Å². The van der Waals surface area contributed by atoms with Crippen LogP contribution in [-0.2, 0) is 14.8 Å². The number of rotatable bonds is 3. The van der Waals surface area contributed by atoms with Gasteiger partial charge in [-0.05, 0) is 26.2 Å². The molecule has 2 N–H and O–H groups in total. The number of aryl methyl sites for hydroxylation is 1. The summed E-state index contributed by atoms with van der Waals surface area (Å²) < 4.78 is 25.7. The lowest BCUT2D eigenvalue weighted by Gasteiger charge is -2.31. The maximum Gasteiger partial charge on any atom is 0.322 e. The summed E-state index contributed by atoms with van der Waals surface area (Å²) in [6.45, 7) is 1.88. The number of carbonyl (C=O) groups is 1. The van der Waals surface area contributed by atoms with Crippen molar-refractivity contribution in [2.75, 3.05) is 6.54 Å². The molecule has 0 amide bonds. The number of hydrogen-bond donors (Lipinski definition) is 2. The standard InChI is InChI=1S/C10H15N3O4S/c1-7-11-6-9(12-7)18(16,17)13-5-3-2-4-8(13)10(14)15/h6,8H,2-5H2,1H3,(H,11,12)(H,14,15). The highest BCUT2D eigenvalue weighted by molar-refractivity contribution is 7.89. The second-order valence-corrected chi connectivity index (χ2v) is 6.16. The van der Waals surface area contributed by atoms with Crippen LogP contribution >= 0.6 is 0 Å². The number of carboxylic acids is 1. The molecule has 1 aromatic rings. The normalized spacial score (nSPS) is 21.9. The number of sulfonamides is 1. The number of imidazole rings is 1. The van der Waals surface area contributed by atoms with Gasteiger partial charge >= 0.3 is 5.97 Å². The summed E-state index contributed by atoms with van der Waals surface area (Å²) in [5.74, 6) is -0.619. The Morgan fingerprint density at radius 1 is 1.56 bits per heavy atom. The zero-order chi connectivity index (χ0) is 13.3. The highest BCUT2D eigenvalue weighted by Crippen LogP contribution is 2.24. The molecular formula is C10H15N3O4S. The Kier molecular flexibility index (Phi) is 3.40. The second-order valence-electron chi connectivity index (χ2n) is 4.30. The van der Waals surface area contributed by atoms with Gasteiger partial charge in [0.2, 0.25) is 0 Å². The molecule has 0 saturated carbocycles. The van der Waals surface area contributed by atoms with E-state index in [2.05, 4.69) is 9.97 Å². The Hall–Kier alpha value is -1.41. The molecule has 1 atom stereocenters. The molecule has 1 unspecified atom stereocenters. The van der Waals surface area contributed by atoms with Gasteiger partial charge in [-0.15, -0.1) is 0 Å². The Morgan fingerprint density at radius 3 is 2.83 bits per heavy atom. The van der Waals surface area contributed by atoms with Crippen molar-refractivity contribution in [3.8, 4) is 0 Å². The van der Waals surface area contributed by atoms with Gasteiger partial charge in [-0.1, -0.05) is 0 Å². The summed E-state index contributed by atoms with van der Waals surface area (Å²) >= 11 is 0. The number of nitrogens with zero attached hydrogens (tertiary/aromatic N) is 2. The summed E-state index contributed by atoms with van der Waals surface area (Å²) in [5.41, 5.74) is 0. The number of carboxylic acid groups (broad SMARTS) is 1. The van der Waals surface area contributed by atoms with Crippen molar-refractivity contribution in [3.63, 3.8) is 0 Å². The Labute approximate surface area is 105 Å². The van der Waals surface area contributed by atoms with Crippen LogP contribution in [0.2, 0.25) is 0 Å². The molecule has 100 valence electrons. The van der Waals surface area contributed by atoms with Gasteiger partial charge in [0.15, 0.2) is 5.03 Å². The topological polar surface area (TPSA) is 103 Å². The number of aromatic amines is 1. The molecule has 1 fully saturated rings. The fourth-order valence-electron chi connectivity index (χ4n) is 2.10. The summed E-state index contributed by atoms with van der Waals surface area (Å²) in [6.07, 6.45) is 2.97. The van der Waals surface area contributed by atoms with E-state index in [1.807, 2.05) is 0 Å². The van der Waals surface area contributed by atoms with Crippen molar-refractivity contribution < 1.29 is 18.3 Å². The van der Waals surface area contributed by atoms with Crippen molar-refractivity contribution >= 4 is 16.0 Å². The SMILES string of the molecule is Cc1ncc(S(=O)(=O)N2CCCCC2C(=O)O)[nH]1. The molecule has 2 heterocycles. The van der Waals surface area contributed by atoms with Crippen LogP contribution in [0.1, 0.15) is 25.1 Å². The lowest BCUT2D eigenvalue weighted by molar-refractivity contribution is -0.142. The molecule has 0 radical (unpaired) electrons. The van der Waals surface area contributed by atoms with Crippen LogP contribution in [-0.4, -0.2) is 46.4 Å². The summed E-state index contributed by atoms with van der Waals surface area (Å²) in [5, 5.41) is 9.04. The number of nitrogens with one attached hydrogen (secondary N) is 1. The van der Waals surface area contributed by atoms with Crippen LogP contribution in [0.15, 0.2) is 11.2 Å². The van der Waals surface area contributed by atoms with Crippen LogP contribution in [0.5, 0.6) is 0 Å². The van der Waals surface area contributed by atoms with E-state index in [4.69, 9.17) is 5.11 Å². The van der Waals surface area contributed by atoms with E-state index in [1.165, 1.54) is 6.20 Å². The third-order valence-corrected chi connectivity index (χ3v) is 4.82. The Balaban J connectivity index is 2.36. The molecule has 1 aliphatic heterocycles. The molecule has 0 spiro atoms. The first-order chi connectivity index (χ1) is 8.43. The van der Waals surface area contributed by atoms with Gasteiger partial charge in [0.1, 0.15) is 11.9 Å². The molecular weight excluding hydrogens is 258 g/mol. The molecule has 7 nitrogen and oxygen atoms in total. The fourth-order valence-corrected chi connectivity index (χ4v) is 3.71. The van der Waals surface area contributed by atoms with E-state index in [-0.39, 0.29) is 11.6 Å². The fraction of sp³-hybridized carbons (Fsp3) is 0.600. The van der Waals surface area contributed by atoms with Gasteiger partial charge < -0.3 is 10.1 Å². The zero-order valence-electron chi connectivity index (χ0n) is 9.96. The molecule has 8 heteroatoms. The second kappa shape index (κ2) is 4.69. The van der Waals surface area contributed by atoms with Crippen molar-refractivity contribution in [2.45, 2.75) is 37.3 Å². The van der Waals surface area contributed by atoms with Crippen LogP contribution in [0.3, 0.4) is 0 Å². The average molecular weight is 273 g/mol. The Morgan fingerprint density at radius 2 is 2.28 bits per heavy atom. The summed E-state index contributed by atoms with van der Waals surface area (Å²) in [6, 6.07) is -0.979.